The number of carbonyl (C=O) groups excluding carboxylic acids is 1. The maximum atomic E-state index is 13.2. The number of fused-ring (bicyclic) bond motifs is 1. The van der Waals surface area contributed by atoms with E-state index in [0.717, 1.165) is 16.3 Å². The largest absolute Gasteiger partial charge is 0.296 e. The number of anilines is 1. The number of thiophene rings is 1. The molecule has 0 radical (unpaired) electrons. The van der Waals surface area contributed by atoms with E-state index in [2.05, 4.69) is 15.5 Å². The molecule has 3 aromatic rings. The number of halogens is 2. The normalized spacial score (nSPS) is 10.9. The van der Waals surface area contributed by atoms with Gasteiger partial charge >= 0.3 is 0 Å². The first-order valence-corrected chi connectivity index (χ1v) is 7.54. The average molecular weight is 328 g/mol. The molecule has 0 fully saturated rings. The maximum absolute atomic E-state index is 13.2. The molecule has 8 heteroatoms. The molecule has 1 amide bonds. The van der Waals surface area contributed by atoms with Gasteiger partial charge in [0.15, 0.2) is 0 Å². The highest BCUT2D eigenvalue weighted by Crippen LogP contribution is 2.36. The van der Waals surface area contributed by atoms with Crippen LogP contribution in [0.2, 0.25) is 5.02 Å². The van der Waals surface area contributed by atoms with Crippen molar-refractivity contribution in [2.45, 2.75) is 6.92 Å². The van der Waals surface area contributed by atoms with Gasteiger partial charge in [-0.15, -0.1) is 21.5 Å². The molecule has 0 atom stereocenters. The Kier molecular flexibility index (Phi) is 3.41. The molecule has 3 rings (SSSR count). The van der Waals surface area contributed by atoms with Gasteiger partial charge in [-0.2, -0.15) is 0 Å². The van der Waals surface area contributed by atoms with Gasteiger partial charge in [-0.3, -0.25) is 10.1 Å². The van der Waals surface area contributed by atoms with Crippen LogP contribution < -0.4 is 5.32 Å². The Labute approximate surface area is 126 Å². The minimum Gasteiger partial charge on any atom is -0.296 e. The molecule has 0 saturated heterocycles. The minimum absolute atomic E-state index is 0.323. The Morgan fingerprint density at radius 2 is 2.15 bits per heavy atom. The maximum Gasteiger partial charge on any atom is 0.269 e. The Morgan fingerprint density at radius 3 is 2.85 bits per heavy atom. The Bertz CT molecular complexity index is 814. The zero-order valence-corrected chi connectivity index (χ0v) is 12.5. The van der Waals surface area contributed by atoms with Crippen LogP contribution in [0.1, 0.15) is 14.7 Å². The summed E-state index contributed by atoms with van der Waals surface area (Å²) in [6.45, 7) is 1.79. The first kappa shape index (κ1) is 13.4. The number of nitrogens with one attached hydrogen (secondary N) is 1. The van der Waals surface area contributed by atoms with Gasteiger partial charge in [0.2, 0.25) is 5.13 Å². The van der Waals surface area contributed by atoms with Crippen LogP contribution in [0.3, 0.4) is 0 Å². The smallest absolute Gasteiger partial charge is 0.269 e. The van der Waals surface area contributed by atoms with Crippen LogP contribution in [-0.4, -0.2) is 16.1 Å². The first-order chi connectivity index (χ1) is 9.54. The van der Waals surface area contributed by atoms with Crippen LogP contribution >= 0.6 is 34.3 Å². The highest BCUT2D eigenvalue weighted by Gasteiger charge is 2.18. The third-order valence-electron chi connectivity index (χ3n) is 2.54. The SMILES string of the molecule is Cc1nnc(NC(=O)c2sc3cc(F)ccc3c2Cl)s1. The van der Waals surface area contributed by atoms with Crippen LogP contribution in [0.5, 0.6) is 0 Å². The topological polar surface area (TPSA) is 54.9 Å². The van der Waals surface area contributed by atoms with E-state index in [0.29, 0.717) is 25.1 Å². The highest BCUT2D eigenvalue weighted by molar-refractivity contribution is 7.22. The summed E-state index contributed by atoms with van der Waals surface area (Å²) in [5.41, 5.74) is 0. The summed E-state index contributed by atoms with van der Waals surface area (Å²) in [5, 5.41) is 12.4. The summed E-state index contributed by atoms with van der Waals surface area (Å²) in [4.78, 5) is 12.5. The first-order valence-electron chi connectivity index (χ1n) is 5.53. The van der Waals surface area contributed by atoms with E-state index in [9.17, 15) is 9.18 Å². The zero-order valence-electron chi connectivity index (χ0n) is 10.1. The summed E-state index contributed by atoms with van der Waals surface area (Å²) < 4.78 is 13.8. The molecule has 0 bridgehead atoms. The number of hydrogen-bond acceptors (Lipinski definition) is 5. The van der Waals surface area contributed by atoms with Gasteiger partial charge in [-0.25, -0.2) is 4.39 Å². The monoisotopic (exact) mass is 327 g/mol. The predicted octanol–water partition coefficient (Wildman–Crippen LogP) is 4.11. The van der Waals surface area contributed by atoms with Crippen LogP contribution in [0.25, 0.3) is 10.1 Å². The molecule has 2 aromatic heterocycles. The summed E-state index contributed by atoms with van der Waals surface area (Å²) in [7, 11) is 0. The molecule has 4 nitrogen and oxygen atoms in total. The number of benzene rings is 1. The number of carbonyl (C=O) groups is 1. The molecule has 20 heavy (non-hydrogen) atoms. The van der Waals surface area contributed by atoms with Crippen molar-refractivity contribution in [1.29, 1.82) is 0 Å². The van der Waals surface area contributed by atoms with Crippen LogP contribution in [0.4, 0.5) is 9.52 Å². The Balaban J connectivity index is 1.97. The van der Waals surface area contributed by atoms with Crippen LogP contribution in [0.15, 0.2) is 18.2 Å². The van der Waals surface area contributed by atoms with Gasteiger partial charge in [0.05, 0.1) is 5.02 Å². The van der Waals surface area contributed by atoms with E-state index < -0.39 is 0 Å². The molecule has 0 saturated carbocycles. The highest BCUT2D eigenvalue weighted by atomic mass is 35.5. The lowest BCUT2D eigenvalue weighted by Gasteiger charge is -1.98. The fourth-order valence-corrected chi connectivity index (χ4v) is 3.71. The van der Waals surface area contributed by atoms with E-state index in [4.69, 9.17) is 11.6 Å². The van der Waals surface area contributed by atoms with Crippen molar-refractivity contribution in [2.24, 2.45) is 0 Å². The lowest BCUT2D eigenvalue weighted by atomic mass is 10.2. The van der Waals surface area contributed by atoms with Gasteiger partial charge in [0.1, 0.15) is 15.7 Å². The second kappa shape index (κ2) is 5.08. The number of nitrogens with zero attached hydrogens (tertiary/aromatic N) is 2. The molecule has 102 valence electrons. The van der Waals surface area contributed by atoms with Crippen molar-refractivity contribution in [1.82, 2.24) is 10.2 Å². The molecule has 2 heterocycles. The van der Waals surface area contributed by atoms with E-state index in [-0.39, 0.29) is 11.7 Å². The molecule has 0 aliphatic heterocycles. The molecule has 0 spiro atoms. The van der Waals surface area contributed by atoms with Crippen molar-refractivity contribution in [2.75, 3.05) is 5.32 Å². The quantitative estimate of drug-likeness (QED) is 0.770. The van der Waals surface area contributed by atoms with Crippen molar-refractivity contribution in [3.05, 3.63) is 38.9 Å². The van der Waals surface area contributed by atoms with Gasteiger partial charge < -0.3 is 0 Å². The van der Waals surface area contributed by atoms with Crippen molar-refractivity contribution in [3.8, 4) is 0 Å². The Hall–Kier alpha value is -1.57. The molecule has 0 unspecified atom stereocenters. The average Bonchev–Trinajstić information content (AvgIpc) is 2.94. The minimum atomic E-state index is -0.368. The van der Waals surface area contributed by atoms with Crippen molar-refractivity contribution < 1.29 is 9.18 Å². The second-order valence-corrected chi connectivity index (χ2v) is 6.58. The van der Waals surface area contributed by atoms with Crippen molar-refractivity contribution >= 4 is 55.4 Å². The number of rotatable bonds is 2. The van der Waals surface area contributed by atoms with Gasteiger partial charge in [-0.1, -0.05) is 22.9 Å². The van der Waals surface area contributed by atoms with Gasteiger partial charge in [-0.05, 0) is 25.1 Å². The standard InChI is InChI=1S/C12H7ClFN3OS2/c1-5-16-17-12(19-5)15-11(18)10-9(13)7-3-2-6(14)4-8(7)20-10/h2-4H,1H3,(H,15,17,18). The fraction of sp³-hybridized carbons (Fsp3) is 0.0833. The van der Waals surface area contributed by atoms with Crippen LogP contribution in [-0.2, 0) is 0 Å². The summed E-state index contributed by atoms with van der Waals surface area (Å²) in [6.07, 6.45) is 0. The van der Waals surface area contributed by atoms with E-state index >= 15 is 0 Å². The van der Waals surface area contributed by atoms with Gasteiger partial charge in [0.25, 0.3) is 5.91 Å². The number of hydrogen-bond donors (Lipinski definition) is 1. The molecular weight excluding hydrogens is 321 g/mol. The van der Waals surface area contributed by atoms with Crippen molar-refractivity contribution in [3.63, 3.8) is 0 Å². The zero-order chi connectivity index (χ0) is 14.3. The predicted molar refractivity (Wildman–Crippen MR) is 79.4 cm³/mol. The summed E-state index contributed by atoms with van der Waals surface area (Å²) in [6, 6.07) is 4.24. The van der Waals surface area contributed by atoms with E-state index in [1.165, 1.54) is 23.5 Å². The third kappa shape index (κ3) is 2.39. The number of aryl methyl sites for hydroxylation is 1. The molecule has 1 aromatic carbocycles. The van der Waals surface area contributed by atoms with Gasteiger partial charge in [0, 0.05) is 10.1 Å². The summed E-state index contributed by atoms with van der Waals surface area (Å²) >= 11 is 8.59. The fourth-order valence-electron chi connectivity index (χ4n) is 1.69. The Morgan fingerprint density at radius 1 is 1.35 bits per heavy atom. The third-order valence-corrected chi connectivity index (χ3v) is 4.95. The summed E-state index contributed by atoms with van der Waals surface area (Å²) in [5.74, 6) is -0.727. The molecule has 0 aliphatic rings. The molecule has 0 aliphatic carbocycles. The molecular formula is C12H7ClFN3OS2. The van der Waals surface area contributed by atoms with E-state index in [1.807, 2.05) is 0 Å². The van der Waals surface area contributed by atoms with E-state index in [1.54, 1.807) is 13.0 Å². The lowest BCUT2D eigenvalue weighted by Crippen LogP contribution is -2.10. The lowest BCUT2D eigenvalue weighted by molar-refractivity contribution is 0.103. The number of amides is 1. The number of aromatic nitrogens is 2. The molecule has 1 N–H and O–H groups in total. The second-order valence-electron chi connectivity index (χ2n) is 3.97. The van der Waals surface area contributed by atoms with Crippen LogP contribution in [0, 0.1) is 12.7 Å².